The Kier molecular flexibility index (Phi) is 10.2. The van der Waals surface area contributed by atoms with Crippen LogP contribution in [0.15, 0.2) is 24.3 Å². The van der Waals surface area contributed by atoms with E-state index >= 15 is 0 Å². The standard InChI is InChI=1S/C16H27N3OS2/c1-3-4-10-18-16(20)14-5-7-15(8-6-14)17-11-9-13(2)12-22-19-21/h5-8,13,17,19,21H,3-4,9-12H2,1-2H3,(H,18,20). The average molecular weight is 342 g/mol. The Morgan fingerprint density at radius 3 is 2.64 bits per heavy atom. The van der Waals surface area contributed by atoms with Crippen LogP contribution in [-0.4, -0.2) is 24.7 Å². The summed E-state index contributed by atoms with van der Waals surface area (Å²) in [5.74, 6) is 1.67. The molecule has 0 radical (unpaired) electrons. The van der Waals surface area contributed by atoms with Gasteiger partial charge in [-0.25, -0.2) is 4.13 Å². The fraction of sp³-hybridized carbons (Fsp3) is 0.562. The highest BCUT2D eigenvalue weighted by Gasteiger charge is 2.05. The highest BCUT2D eigenvalue weighted by atomic mass is 32.2. The first-order valence-electron chi connectivity index (χ1n) is 7.80. The van der Waals surface area contributed by atoms with E-state index in [0.29, 0.717) is 11.5 Å². The summed E-state index contributed by atoms with van der Waals surface area (Å²) in [6, 6.07) is 7.66. The molecule has 4 nitrogen and oxygen atoms in total. The molecule has 0 heterocycles. The first-order chi connectivity index (χ1) is 10.7. The van der Waals surface area contributed by atoms with Gasteiger partial charge in [0.15, 0.2) is 0 Å². The van der Waals surface area contributed by atoms with Crippen molar-refractivity contribution in [1.82, 2.24) is 9.44 Å². The molecule has 1 aromatic rings. The van der Waals surface area contributed by atoms with Gasteiger partial charge in [-0.15, -0.1) is 0 Å². The molecule has 0 aliphatic carbocycles. The summed E-state index contributed by atoms with van der Waals surface area (Å²) in [5, 5.41) is 6.31. The molecule has 1 unspecified atom stereocenters. The Bertz CT molecular complexity index is 426. The van der Waals surface area contributed by atoms with Gasteiger partial charge in [0.2, 0.25) is 0 Å². The molecule has 124 valence electrons. The highest BCUT2D eigenvalue weighted by molar-refractivity contribution is 8.06. The molecule has 1 atom stereocenters. The zero-order valence-electron chi connectivity index (χ0n) is 13.4. The number of rotatable bonds is 11. The lowest BCUT2D eigenvalue weighted by Gasteiger charge is -2.12. The molecule has 0 saturated heterocycles. The van der Waals surface area contributed by atoms with Gasteiger partial charge < -0.3 is 10.6 Å². The normalized spacial score (nSPS) is 12.0. The monoisotopic (exact) mass is 341 g/mol. The lowest BCUT2D eigenvalue weighted by molar-refractivity contribution is 0.0953. The second kappa shape index (κ2) is 11.7. The van der Waals surface area contributed by atoms with Crippen molar-refractivity contribution < 1.29 is 4.79 Å². The summed E-state index contributed by atoms with van der Waals surface area (Å²) in [5.41, 5.74) is 1.77. The van der Waals surface area contributed by atoms with Crippen molar-refractivity contribution in [2.45, 2.75) is 33.1 Å². The number of carbonyl (C=O) groups is 1. The maximum Gasteiger partial charge on any atom is 0.251 e. The van der Waals surface area contributed by atoms with Gasteiger partial charge in [-0.05, 0) is 43.0 Å². The van der Waals surface area contributed by atoms with Gasteiger partial charge in [0.05, 0.1) is 0 Å². The minimum absolute atomic E-state index is 0.00454. The van der Waals surface area contributed by atoms with Crippen LogP contribution in [0.2, 0.25) is 0 Å². The van der Waals surface area contributed by atoms with Crippen molar-refractivity contribution in [3.8, 4) is 0 Å². The van der Waals surface area contributed by atoms with Gasteiger partial charge in [0, 0.05) is 30.1 Å². The number of amides is 1. The van der Waals surface area contributed by atoms with E-state index in [1.54, 1.807) is 11.9 Å². The number of anilines is 1. The minimum Gasteiger partial charge on any atom is -0.385 e. The topological polar surface area (TPSA) is 53.2 Å². The number of hydrogen-bond acceptors (Lipinski definition) is 5. The second-order valence-corrected chi connectivity index (χ2v) is 6.76. The third-order valence-corrected chi connectivity index (χ3v) is 4.61. The van der Waals surface area contributed by atoms with Crippen LogP contribution in [-0.2, 0) is 0 Å². The van der Waals surface area contributed by atoms with E-state index in [0.717, 1.165) is 43.8 Å². The number of hydrogen-bond donors (Lipinski definition) is 4. The third kappa shape index (κ3) is 7.96. The third-order valence-electron chi connectivity index (χ3n) is 3.36. The second-order valence-electron chi connectivity index (χ2n) is 5.41. The average Bonchev–Trinajstić information content (AvgIpc) is 2.53. The molecule has 1 aromatic carbocycles. The van der Waals surface area contributed by atoms with E-state index in [4.69, 9.17) is 0 Å². The first-order valence-corrected chi connectivity index (χ1v) is 9.23. The van der Waals surface area contributed by atoms with E-state index in [9.17, 15) is 4.79 Å². The molecule has 6 heteroatoms. The first kappa shape index (κ1) is 19.2. The van der Waals surface area contributed by atoms with Crippen molar-refractivity contribution in [2.24, 2.45) is 5.92 Å². The van der Waals surface area contributed by atoms with Gasteiger partial charge in [-0.1, -0.05) is 45.0 Å². The lowest BCUT2D eigenvalue weighted by atomic mass is 10.1. The van der Waals surface area contributed by atoms with Gasteiger partial charge in [-0.3, -0.25) is 4.79 Å². The molecule has 0 saturated carbocycles. The van der Waals surface area contributed by atoms with Crippen LogP contribution in [0.4, 0.5) is 5.69 Å². The largest absolute Gasteiger partial charge is 0.385 e. The van der Waals surface area contributed by atoms with Crippen LogP contribution in [0.1, 0.15) is 43.5 Å². The van der Waals surface area contributed by atoms with E-state index < -0.39 is 0 Å². The Morgan fingerprint density at radius 2 is 2.00 bits per heavy atom. The van der Waals surface area contributed by atoms with Crippen LogP contribution in [0.3, 0.4) is 0 Å². The predicted molar refractivity (Wildman–Crippen MR) is 101 cm³/mol. The number of unbranched alkanes of at least 4 members (excludes halogenated alkanes) is 1. The zero-order chi connectivity index (χ0) is 16.2. The summed E-state index contributed by atoms with van der Waals surface area (Å²) in [6.45, 7) is 6.01. The molecule has 0 aromatic heterocycles. The van der Waals surface area contributed by atoms with Crippen molar-refractivity contribution in [3.05, 3.63) is 29.8 Å². The fourth-order valence-electron chi connectivity index (χ4n) is 1.95. The number of nitrogens with one attached hydrogen (secondary N) is 3. The molecular formula is C16H27N3OS2. The van der Waals surface area contributed by atoms with Gasteiger partial charge in [0.25, 0.3) is 5.91 Å². The summed E-state index contributed by atoms with van der Waals surface area (Å²) >= 11 is 5.58. The Hall–Kier alpha value is -0.850. The maximum atomic E-state index is 11.9. The van der Waals surface area contributed by atoms with Gasteiger partial charge >= 0.3 is 0 Å². The number of thiol groups is 1. The van der Waals surface area contributed by atoms with Crippen LogP contribution < -0.4 is 14.8 Å². The Labute approximate surface area is 143 Å². The molecule has 0 spiro atoms. The summed E-state index contributed by atoms with van der Waals surface area (Å²) in [7, 11) is 0. The van der Waals surface area contributed by atoms with Crippen molar-refractivity contribution in [3.63, 3.8) is 0 Å². The molecule has 0 aliphatic rings. The number of benzene rings is 1. The fourth-order valence-corrected chi connectivity index (χ4v) is 2.70. The smallest absolute Gasteiger partial charge is 0.251 e. The summed E-state index contributed by atoms with van der Waals surface area (Å²) < 4.78 is 2.79. The quantitative estimate of drug-likeness (QED) is 0.281. The Morgan fingerprint density at radius 1 is 1.27 bits per heavy atom. The van der Waals surface area contributed by atoms with Crippen LogP contribution in [0, 0.1) is 5.92 Å². The molecule has 0 fully saturated rings. The molecule has 1 amide bonds. The minimum atomic E-state index is 0.00454. The van der Waals surface area contributed by atoms with Crippen LogP contribution >= 0.6 is 24.8 Å². The molecule has 0 bridgehead atoms. The van der Waals surface area contributed by atoms with Crippen LogP contribution in [0.5, 0.6) is 0 Å². The van der Waals surface area contributed by atoms with Crippen molar-refractivity contribution >= 4 is 36.4 Å². The molecule has 22 heavy (non-hydrogen) atoms. The Balaban J connectivity index is 2.30. The molecule has 1 rings (SSSR count). The molecule has 0 aliphatic heterocycles. The van der Waals surface area contributed by atoms with E-state index in [1.165, 1.54) is 0 Å². The van der Waals surface area contributed by atoms with Crippen LogP contribution in [0.25, 0.3) is 0 Å². The lowest BCUT2D eigenvalue weighted by Crippen LogP contribution is -2.24. The number of carbonyl (C=O) groups excluding carboxylic acids is 1. The zero-order valence-corrected chi connectivity index (χ0v) is 15.1. The van der Waals surface area contributed by atoms with E-state index in [1.807, 2.05) is 24.3 Å². The molecular weight excluding hydrogens is 314 g/mol. The summed E-state index contributed by atoms with van der Waals surface area (Å²) in [6.07, 6.45) is 3.20. The van der Waals surface area contributed by atoms with Crippen molar-refractivity contribution in [1.29, 1.82) is 0 Å². The predicted octanol–water partition coefficient (Wildman–Crippen LogP) is 3.74. The SMILES string of the molecule is CCCCNC(=O)c1ccc(NCCC(C)CSNS)cc1. The van der Waals surface area contributed by atoms with E-state index in [-0.39, 0.29) is 5.91 Å². The maximum absolute atomic E-state index is 11.9. The summed E-state index contributed by atoms with van der Waals surface area (Å²) in [4.78, 5) is 11.9. The van der Waals surface area contributed by atoms with Gasteiger partial charge in [0.1, 0.15) is 0 Å². The van der Waals surface area contributed by atoms with Crippen molar-refractivity contribution in [2.75, 3.05) is 24.2 Å². The highest BCUT2D eigenvalue weighted by Crippen LogP contribution is 2.12. The molecule has 3 N–H and O–H groups in total. The van der Waals surface area contributed by atoms with E-state index in [2.05, 4.69) is 41.4 Å². The van der Waals surface area contributed by atoms with Gasteiger partial charge in [-0.2, -0.15) is 0 Å².